The van der Waals surface area contributed by atoms with Crippen LogP contribution in [0.4, 0.5) is 0 Å². The Bertz CT molecular complexity index is 642. The average Bonchev–Trinajstić information content (AvgIpc) is 2.46. The number of rotatable bonds is 4. The van der Waals surface area contributed by atoms with Crippen LogP contribution in [0.25, 0.3) is 0 Å². The van der Waals surface area contributed by atoms with Crippen LogP contribution in [-0.2, 0) is 14.8 Å². The predicted octanol–water partition coefficient (Wildman–Crippen LogP) is 0.803. The Balaban J connectivity index is 2.46. The Kier molecular flexibility index (Phi) is 4.50. The third kappa shape index (κ3) is 3.02. The molecule has 0 aliphatic carbocycles. The Morgan fingerprint density at radius 1 is 1.48 bits per heavy atom. The molecule has 1 aromatic carbocycles. The molecule has 0 unspecified atom stereocenters. The summed E-state index contributed by atoms with van der Waals surface area (Å²) in [5, 5.41) is 8.96. The summed E-state index contributed by atoms with van der Waals surface area (Å²) in [6, 6.07) is 3.44. The quantitative estimate of drug-likeness (QED) is 0.883. The van der Waals surface area contributed by atoms with Crippen LogP contribution < -0.4 is 4.74 Å². The molecule has 1 aromatic rings. The van der Waals surface area contributed by atoms with E-state index in [0.29, 0.717) is 13.2 Å². The molecule has 1 fully saturated rings. The van der Waals surface area contributed by atoms with E-state index in [1.807, 2.05) is 0 Å². The summed E-state index contributed by atoms with van der Waals surface area (Å²) < 4.78 is 37.0. The fourth-order valence-corrected chi connectivity index (χ4v) is 3.95. The first-order chi connectivity index (χ1) is 9.87. The lowest BCUT2D eigenvalue weighted by atomic mass is 10.2. The van der Waals surface area contributed by atoms with Crippen molar-refractivity contribution in [2.45, 2.75) is 17.9 Å². The van der Waals surface area contributed by atoms with Gasteiger partial charge in [0.2, 0.25) is 10.0 Å². The first-order valence-corrected chi connectivity index (χ1v) is 7.83. The zero-order chi connectivity index (χ0) is 15.6. The summed E-state index contributed by atoms with van der Waals surface area (Å²) in [5.41, 5.74) is -0.0270. The van der Waals surface area contributed by atoms with Gasteiger partial charge < -0.3 is 14.6 Å². The maximum Gasteiger partial charge on any atom is 0.335 e. The highest BCUT2D eigenvalue weighted by atomic mass is 32.2. The number of carbonyl (C=O) groups is 1. The van der Waals surface area contributed by atoms with Gasteiger partial charge in [-0.3, -0.25) is 0 Å². The maximum absolute atomic E-state index is 12.7. The molecule has 8 heteroatoms. The fraction of sp³-hybridized carbons (Fsp3) is 0.462. The molecule has 0 bridgehead atoms. The second kappa shape index (κ2) is 6.00. The number of benzene rings is 1. The van der Waals surface area contributed by atoms with Crippen molar-refractivity contribution >= 4 is 16.0 Å². The summed E-state index contributed by atoms with van der Waals surface area (Å²) in [6.45, 7) is 2.68. The van der Waals surface area contributed by atoms with E-state index in [9.17, 15) is 13.2 Å². The van der Waals surface area contributed by atoms with Crippen LogP contribution in [-0.4, -0.2) is 56.7 Å². The number of sulfonamides is 1. The second-order valence-corrected chi connectivity index (χ2v) is 6.57. The molecule has 1 aliphatic heterocycles. The van der Waals surface area contributed by atoms with Gasteiger partial charge in [-0.1, -0.05) is 0 Å². The van der Waals surface area contributed by atoms with Crippen LogP contribution in [0.3, 0.4) is 0 Å². The van der Waals surface area contributed by atoms with Crippen LogP contribution >= 0.6 is 0 Å². The van der Waals surface area contributed by atoms with Gasteiger partial charge in [-0.25, -0.2) is 13.2 Å². The van der Waals surface area contributed by atoms with E-state index < -0.39 is 16.0 Å². The molecule has 2 rings (SSSR count). The molecule has 1 saturated heterocycles. The highest BCUT2D eigenvalue weighted by molar-refractivity contribution is 7.89. The van der Waals surface area contributed by atoms with Gasteiger partial charge in [0, 0.05) is 12.6 Å². The zero-order valence-corrected chi connectivity index (χ0v) is 12.6. The number of hydrogen-bond acceptors (Lipinski definition) is 5. The number of nitrogens with zero attached hydrogens (tertiary/aromatic N) is 1. The average molecular weight is 315 g/mol. The van der Waals surface area contributed by atoms with E-state index in [4.69, 9.17) is 14.6 Å². The van der Waals surface area contributed by atoms with Crippen molar-refractivity contribution in [1.29, 1.82) is 0 Å². The smallest absolute Gasteiger partial charge is 0.335 e. The third-order valence-electron chi connectivity index (χ3n) is 3.30. The Hall–Kier alpha value is -1.64. The number of methoxy groups -OCH3 is 1. The van der Waals surface area contributed by atoms with E-state index in [-0.39, 0.29) is 28.8 Å². The van der Waals surface area contributed by atoms with Crippen molar-refractivity contribution < 1.29 is 27.8 Å². The van der Waals surface area contributed by atoms with Crippen LogP contribution in [0, 0.1) is 0 Å². The van der Waals surface area contributed by atoms with E-state index in [0.717, 1.165) is 0 Å². The molecule has 0 spiro atoms. The standard InChI is InChI=1S/C13H17NO6S/c1-9-8-20-6-5-14(9)21(17,18)12-4-3-10(13(15)16)7-11(12)19-2/h3-4,7,9H,5-6,8H2,1-2H3,(H,15,16)/t9-/m1/s1. The van der Waals surface area contributed by atoms with Gasteiger partial charge in [-0.05, 0) is 25.1 Å². The van der Waals surface area contributed by atoms with Crippen LogP contribution in [0.1, 0.15) is 17.3 Å². The summed E-state index contributed by atoms with van der Waals surface area (Å²) >= 11 is 0. The van der Waals surface area contributed by atoms with Gasteiger partial charge in [-0.2, -0.15) is 4.31 Å². The van der Waals surface area contributed by atoms with Crippen molar-refractivity contribution in [3.63, 3.8) is 0 Å². The van der Waals surface area contributed by atoms with Crippen molar-refractivity contribution in [1.82, 2.24) is 4.31 Å². The lowest BCUT2D eigenvalue weighted by molar-refractivity contribution is 0.0392. The summed E-state index contributed by atoms with van der Waals surface area (Å²) in [7, 11) is -2.45. The van der Waals surface area contributed by atoms with Gasteiger partial charge in [0.1, 0.15) is 10.6 Å². The van der Waals surface area contributed by atoms with Gasteiger partial charge in [0.15, 0.2) is 0 Å². The molecule has 1 heterocycles. The van der Waals surface area contributed by atoms with E-state index >= 15 is 0 Å². The topological polar surface area (TPSA) is 93.1 Å². The van der Waals surface area contributed by atoms with E-state index in [1.54, 1.807) is 6.92 Å². The van der Waals surface area contributed by atoms with Crippen LogP contribution in [0.2, 0.25) is 0 Å². The molecular formula is C13H17NO6S. The van der Waals surface area contributed by atoms with Crippen molar-refractivity contribution in [3.05, 3.63) is 23.8 Å². The molecule has 21 heavy (non-hydrogen) atoms. The summed E-state index contributed by atoms with van der Waals surface area (Å²) in [5.74, 6) is -1.12. The van der Waals surface area contributed by atoms with Gasteiger partial charge >= 0.3 is 5.97 Å². The molecule has 116 valence electrons. The van der Waals surface area contributed by atoms with Crippen molar-refractivity contribution in [2.75, 3.05) is 26.9 Å². The van der Waals surface area contributed by atoms with Gasteiger partial charge in [-0.15, -0.1) is 0 Å². The van der Waals surface area contributed by atoms with Crippen molar-refractivity contribution in [2.24, 2.45) is 0 Å². The highest BCUT2D eigenvalue weighted by Gasteiger charge is 2.33. The minimum absolute atomic E-state index is 0.0218. The minimum Gasteiger partial charge on any atom is -0.495 e. The molecule has 1 aliphatic rings. The molecule has 1 atom stereocenters. The third-order valence-corrected chi connectivity index (χ3v) is 5.36. The van der Waals surface area contributed by atoms with Gasteiger partial charge in [0.25, 0.3) is 0 Å². The number of carboxylic acid groups (broad SMARTS) is 1. The van der Waals surface area contributed by atoms with Crippen LogP contribution in [0.15, 0.2) is 23.1 Å². The number of morpholine rings is 1. The number of ether oxygens (including phenoxy) is 2. The predicted molar refractivity (Wildman–Crippen MR) is 74.1 cm³/mol. The molecule has 0 radical (unpaired) electrons. The Labute approximate surface area is 123 Å². The lowest BCUT2D eigenvalue weighted by Gasteiger charge is -2.32. The van der Waals surface area contributed by atoms with E-state index in [2.05, 4.69) is 0 Å². The molecule has 0 aromatic heterocycles. The number of carboxylic acids is 1. The Morgan fingerprint density at radius 3 is 2.76 bits per heavy atom. The molecule has 0 amide bonds. The second-order valence-electron chi connectivity index (χ2n) is 4.71. The summed E-state index contributed by atoms with van der Waals surface area (Å²) in [4.78, 5) is 10.9. The normalized spacial score (nSPS) is 20.2. The Morgan fingerprint density at radius 2 is 2.19 bits per heavy atom. The van der Waals surface area contributed by atoms with Gasteiger partial charge in [0.05, 0.1) is 25.9 Å². The van der Waals surface area contributed by atoms with E-state index in [1.165, 1.54) is 29.6 Å². The monoisotopic (exact) mass is 315 g/mol. The minimum atomic E-state index is -3.76. The SMILES string of the molecule is COc1cc(C(=O)O)ccc1S(=O)(=O)N1CCOC[C@H]1C. The largest absolute Gasteiger partial charge is 0.495 e. The number of hydrogen-bond donors (Lipinski definition) is 1. The molecule has 1 N–H and O–H groups in total. The fourth-order valence-electron chi connectivity index (χ4n) is 2.21. The first-order valence-electron chi connectivity index (χ1n) is 6.39. The highest BCUT2D eigenvalue weighted by Crippen LogP contribution is 2.29. The molecule has 7 nitrogen and oxygen atoms in total. The summed E-state index contributed by atoms with van der Waals surface area (Å²) in [6.07, 6.45) is 0. The van der Waals surface area contributed by atoms with Crippen LogP contribution in [0.5, 0.6) is 5.75 Å². The molecular weight excluding hydrogens is 298 g/mol. The molecule has 0 saturated carbocycles. The maximum atomic E-state index is 12.7. The first kappa shape index (κ1) is 15.7. The lowest BCUT2D eigenvalue weighted by Crippen LogP contribution is -2.47. The van der Waals surface area contributed by atoms with Crippen molar-refractivity contribution in [3.8, 4) is 5.75 Å². The number of aromatic carboxylic acids is 1. The zero-order valence-electron chi connectivity index (χ0n) is 11.8.